The number of carbonyl (C=O) groups excluding carboxylic acids is 3. The third-order valence-corrected chi connectivity index (χ3v) is 6.84. The van der Waals surface area contributed by atoms with Gasteiger partial charge in [0, 0.05) is 18.3 Å². The van der Waals surface area contributed by atoms with Crippen LogP contribution in [0.5, 0.6) is 0 Å². The molecule has 1 aliphatic heterocycles. The molecule has 0 bridgehead atoms. The molecule has 0 spiro atoms. The van der Waals surface area contributed by atoms with Gasteiger partial charge in [-0.15, -0.1) is 0 Å². The van der Waals surface area contributed by atoms with Gasteiger partial charge in [0.15, 0.2) is 0 Å². The number of nitrogens with zero attached hydrogens (tertiary/aromatic N) is 2. The minimum Gasteiger partial charge on any atom is -0.465 e. The summed E-state index contributed by atoms with van der Waals surface area (Å²) in [5.74, 6) is -1.14. The predicted octanol–water partition coefficient (Wildman–Crippen LogP) is 3.30. The van der Waals surface area contributed by atoms with Crippen molar-refractivity contribution < 1.29 is 27.5 Å². The number of hydrogen-bond acceptors (Lipinski definition) is 8. The summed E-state index contributed by atoms with van der Waals surface area (Å²) in [6, 6.07) is 18.9. The van der Waals surface area contributed by atoms with Gasteiger partial charge in [0.05, 0.1) is 53.8 Å². The zero-order valence-electron chi connectivity index (χ0n) is 23.3. The minimum absolute atomic E-state index is 0.130. The van der Waals surface area contributed by atoms with Crippen LogP contribution in [0, 0.1) is 0 Å². The monoisotopic (exact) mass is 577 g/mol. The van der Waals surface area contributed by atoms with Gasteiger partial charge >= 0.3 is 5.97 Å². The van der Waals surface area contributed by atoms with E-state index in [9.17, 15) is 22.8 Å². The molecule has 0 saturated heterocycles. The summed E-state index contributed by atoms with van der Waals surface area (Å²) in [7, 11) is 2.69. The molecule has 0 aromatic heterocycles. The van der Waals surface area contributed by atoms with Gasteiger partial charge < -0.3 is 25.2 Å². The lowest BCUT2D eigenvalue weighted by atomic mass is 9.99. The van der Waals surface area contributed by atoms with E-state index in [0.717, 1.165) is 6.26 Å². The molecule has 3 aromatic carbocycles. The number of rotatable bonds is 9. The quantitative estimate of drug-likeness (QED) is 0.260. The first-order valence-electron chi connectivity index (χ1n) is 12.5. The van der Waals surface area contributed by atoms with Crippen molar-refractivity contribution in [1.82, 2.24) is 4.90 Å². The molecule has 0 unspecified atom stereocenters. The van der Waals surface area contributed by atoms with Crippen LogP contribution in [0.25, 0.3) is 11.3 Å². The molecule has 1 aliphatic rings. The summed E-state index contributed by atoms with van der Waals surface area (Å²) in [4.78, 5) is 41.2. The summed E-state index contributed by atoms with van der Waals surface area (Å²) in [6.07, 6.45) is 1.03. The maximum atomic E-state index is 13.3. The second kappa shape index (κ2) is 11.8. The summed E-state index contributed by atoms with van der Waals surface area (Å²) in [5.41, 5.74) is 3.83. The molecule has 0 atom stereocenters. The third kappa shape index (κ3) is 6.73. The Morgan fingerprint density at radius 2 is 1.66 bits per heavy atom. The SMILES string of the molecule is COC(=O)c1ccc2c(c1)NC(=O)C2=C(Nc1ccc(N(C)C(=O)CN(C)C)c(NS(C)(=O)=O)c1)c1ccccc1. The number of ether oxygens (including phenoxy) is 1. The van der Waals surface area contributed by atoms with Crippen molar-refractivity contribution >= 4 is 61.8 Å². The van der Waals surface area contributed by atoms with Gasteiger partial charge in [-0.2, -0.15) is 0 Å². The van der Waals surface area contributed by atoms with Gasteiger partial charge in [-0.05, 0) is 50.0 Å². The van der Waals surface area contributed by atoms with Crippen LogP contribution in [0.2, 0.25) is 0 Å². The highest BCUT2D eigenvalue weighted by Gasteiger charge is 2.29. The van der Waals surface area contributed by atoms with E-state index in [1.165, 1.54) is 12.0 Å². The molecule has 41 heavy (non-hydrogen) atoms. The molecular formula is C29H31N5O6S. The van der Waals surface area contributed by atoms with Gasteiger partial charge in [-0.3, -0.25) is 14.3 Å². The number of benzene rings is 3. The van der Waals surface area contributed by atoms with Gasteiger partial charge in [0.25, 0.3) is 5.91 Å². The maximum Gasteiger partial charge on any atom is 0.337 e. The van der Waals surface area contributed by atoms with Crippen LogP contribution < -0.4 is 20.3 Å². The molecular weight excluding hydrogens is 546 g/mol. The standard InChI is InChI=1S/C29H31N5O6S/c1-33(2)17-25(35)34(3)24-14-12-20(16-23(24)32-41(5,38)39)30-27(18-9-7-6-8-10-18)26-21-13-11-19(29(37)40-4)15-22(21)31-28(26)36/h6-16,30,32H,17H2,1-5H3,(H,31,36). The Labute approximate surface area is 238 Å². The van der Waals surface area contributed by atoms with Gasteiger partial charge in [-0.25, -0.2) is 13.2 Å². The minimum atomic E-state index is -3.70. The fraction of sp³-hybridized carbons (Fsp3) is 0.207. The first-order chi connectivity index (χ1) is 19.4. The number of methoxy groups -OCH3 is 1. The first-order valence-corrected chi connectivity index (χ1v) is 14.4. The maximum absolute atomic E-state index is 13.3. The number of fused-ring (bicyclic) bond motifs is 1. The number of sulfonamides is 1. The molecule has 0 aliphatic carbocycles. The molecule has 214 valence electrons. The van der Waals surface area contributed by atoms with E-state index in [-0.39, 0.29) is 24.0 Å². The van der Waals surface area contributed by atoms with Crippen LogP contribution in [0.3, 0.4) is 0 Å². The van der Waals surface area contributed by atoms with Crippen molar-refractivity contribution in [3.8, 4) is 0 Å². The lowest BCUT2D eigenvalue weighted by molar-refractivity contribution is -0.119. The Morgan fingerprint density at radius 3 is 2.29 bits per heavy atom. The van der Waals surface area contributed by atoms with Crippen LogP contribution in [0.4, 0.5) is 22.7 Å². The Bertz CT molecular complexity index is 1650. The Hall–Kier alpha value is -4.68. The van der Waals surface area contributed by atoms with Crippen LogP contribution >= 0.6 is 0 Å². The van der Waals surface area contributed by atoms with E-state index >= 15 is 0 Å². The number of esters is 1. The molecule has 0 saturated carbocycles. The highest BCUT2D eigenvalue weighted by atomic mass is 32.2. The number of hydrogen-bond donors (Lipinski definition) is 3. The average molecular weight is 578 g/mol. The molecule has 3 aromatic rings. The molecule has 0 fully saturated rings. The van der Waals surface area contributed by atoms with Crippen molar-refractivity contribution in [3.05, 3.63) is 83.4 Å². The van der Waals surface area contributed by atoms with Gasteiger partial charge in [0.1, 0.15) is 0 Å². The fourth-order valence-electron chi connectivity index (χ4n) is 4.39. The highest BCUT2D eigenvalue weighted by Crippen LogP contribution is 2.39. The molecule has 11 nitrogen and oxygen atoms in total. The van der Waals surface area contributed by atoms with Crippen LogP contribution in [-0.2, 0) is 24.3 Å². The highest BCUT2D eigenvalue weighted by molar-refractivity contribution is 7.92. The van der Waals surface area contributed by atoms with Crippen molar-refractivity contribution in [2.75, 3.05) is 61.3 Å². The van der Waals surface area contributed by atoms with Crippen LogP contribution in [0.1, 0.15) is 21.5 Å². The van der Waals surface area contributed by atoms with Crippen LogP contribution in [0.15, 0.2) is 66.7 Å². The van der Waals surface area contributed by atoms with Crippen molar-refractivity contribution in [2.24, 2.45) is 0 Å². The smallest absolute Gasteiger partial charge is 0.337 e. The molecule has 3 N–H and O–H groups in total. The summed E-state index contributed by atoms with van der Waals surface area (Å²) >= 11 is 0. The molecule has 1 heterocycles. The zero-order valence-corrected chi connectivity index (χ0v) is 24.1. The zero-order chi connectivity index (χ0) is 29.9. The van der Waals surface area contributed by atoms with E-state index in [1.807, 2.05) is 30.3 Å². The Balaban J connectivity index is 1.83. The largest absolute Gasteiger partial charge is 0.465 e. The van der Waals surface area contributed by atoms with Crippen molar-refractivity contribution in [3.63, 3.8) is 0 Å². The van der Waals surface area contributed by atoms with E-state index in [0.29, 0.717) is 45.0 Å². The number of amides is 2. The average Bonchev–Trinajstić information content (AvgIpc) is 3.24. The summed E-state index contributed by atoms with van der Waals surface area (Å²) in [6.45, 7) is 0.130. The second-order valence-corrected chi connectivity index (χ2v) is 11.5. The van der Waals surface area contributed by atoms with E-state index in [2.05, 4.69) is 15.4 Å². The van der Waals surface area contributed by atoms with Gasteiger partial charge in [-0.1, -0.05) is 36.4 Å². The number of anilines is 4. The lowest BCUT2D eigenvalue weighted by Gasteiger charge is -2.24. The molecule has 2 amide bonds. The predicted molar refractivity (Wildman–Crippen MR) is 160 cm³/mol. The van der Waals surface area contributed by atoms with Crippen molar-refractivity contribution in [2.45, 2.75) is 0 Å². The number of likely N-dealkylation sites (N-methyl/N-ethyl adjacent to an activating group) is 2. The van der Waals surface area contributed by atoms with E-state index in [4.69, 9.17) is 4.74 Å². The van der Waals surface area contributed by atoms with E-state index < -0.39 is 16.0 Å². The second-order valence-electron chi connectivity index (χ2n) is 9.74. The lowest BCUT2D eigenvalue weighted by Crippen LogP contribution is -2.35. The van der Waals surface area contributed by atoms with Crippen molar-refractivity contribution in [1.29, 1.82) is 0 Å². The number of carbonyl (C=O) groups is 3. The Morgan fingerprint density at radius 1 is 0.951 bits per heavy atom. The topological polar surface area (TPSA) is 137 Å². The molecule has 0 radical (unpaired) electrons. The molecule has 4 rings (SSSR count). The normalized spacial score (nSPS) is 13.8. The van der Waals surface area contributed by atoms with Gasteiger partial charge in [0.2, 0.25) is 15.9 Å². The Kier molecular flexibility index (Phi) is 8.45. The first kappa shape index (κ1) is 29.3. The van der Waals surface area contributed by atoms with Crippen LogP contribution in [-0.4, -0.2) is 72.2 Å². The summed E-state index contributed by atoms with van der Waals surface area (Å²) < 4.78 is 31.7. The summed E-state index contributed by atoms with van der Waals surface area (Å²) in [5, 5.41) is 6.10. The third-order valence-electron chi connectivity index (χ3n) is 6.25. The van der Waals surface area contributed by atoms with E-state index in [1.54, 1.807) is 62.4 Å². The number of nitrogens with one attached hydrogen (secondary N) is 3. The molecule has 12 heteroatoms. The fourth-order valence-corrected chi connectivity index (χ4v) is 4.96.